The van der Waals surface area contributed by atoms with Gasteiger partial charge in [-0.05, 0) is 6.92 Å². The summed E-state index contributed by atoms with van der Waals surface area (Å²) in [5, 5.41) is 8.45. The Morgan fingerprint density at radius 1 is 1.11 bits per heavy atom. The molecule has 5 nitrogen and oxygen atoms in total. The molecule has 0 aliphatic heterocycles. The Morgan fingerprint density at radius 2 is 1.82 bits per heavy atom. The molecule has 0 aliphatic rings. The Hall–Kier alpha value is -2.46. The van der Waals surface area contributed by atoms with Gasteiger partial charge < -0.3 is 10.6 Å². The Morgan fingerprint density at radius 3 is 2.46 bits per heavy atom. The molecule has 0 amide bonds. The molecule has 1 aromatic carbocycles. The van der Waals surface area contributed by atoms with Gasteiger partial charge in [0, 0.05) is 22.9 Å². The number of thiazole rings is 2. The maximum atomic E-state index is 12.6. The summed E-state index contributed by atoms with van der Waals surface area (Å²) in [6.45, 7) is 2.63. The third kappa shape index (κ3) is 5.08. The van der Waals surface area contributed by atoms with Crippen molar-refractivity contribution in [2.75, 3.05) is 7.05 Å². The zero-order valence-electron chi connectivity index (χ0n) is 15.2. The summed E-state index contributed by atoms with van der Waals surface area (Å²) in [5.41, 5.74) is 1.13. The van der Waals surface area contributed by atoms with Gasteiger partial charge >= 0.3 is 6.18 Å². The van der Waals surface area contributed by atoms with Gasteiger partial charge in [-0.3, -0.25) is 4.99 Å². The van der Waals surface area contributed by atoms with Crippen molar-refractivity contribution in [1.29, 1.82) is 0 Å². The van der Waals surface area contributed by atoms with E-state index in [1.165, 1.54) is 0 Å². The second kappa shape index (κ2) is 8.70. The van der Waals surface area contributed by atoms with E-state index in [1.54, 1.807) is 18.4 Å². The first-order valence-corrected chi connectivity index (χ1v) is 10.0. The van der Waals surface area contributed by atoms with Gasteiger partial charge in [-0.15, -0.1) is 22.7 Å². The number of aliphatic imine (C=N–C) groups is 1. The van der Waals surface area contributed by atoms with E-state index in [1.807, 2.05) is 37.3 Å². The van der Waals surface area contributed by atoms with Crippen LogP contribution in [0, 0.1) is 6.92 Å². The molecule has 28 heavy (non-hydrogen) atoms. The predicted molar refractivity (Wildman–Crippen MR) is 106 cm³/mol. The van der Waals surface area contributed by atoms with E-state index in [4.69, 9.17) is 0 Å². The number of aryl methyl sites for hydroxylation is 1. The highest BCUT2D eigenvalue weighted by Gasteiger charge is 2.33. The van der Waals surface area contributed by atoms with Crippen LogP contribution in [0.25, 0.3) is 10.6 Å². The number of hydrogen-bond acceptors (Lipinski definition) is 5. The Balaban J connectivity index is 1.57. The number of guanidine groups is 1. The second-order valence-corrected chi connectivity index (χ2v) is 7.82. The summed E-state index contributed by atoms with van der Waals surface area (Å²) in [7, 11) is 1.60. The van der Waals surface area contributed by atoms with Crippen molar-refractivity contribution in [2.24, 2.45) is 4.99 Å². The standard InChI is InChI=1S/C18H18F3N5S2/c1-11-13(28-16(25-11)12-6-4-3-5-7-12)8-23-17(22-2)24-9-15-26-14(10-27-15)18(19,20)21/h3-7,10H,8-9H2,1-2H3,(H2,22,23,24). The lowest BCUT2D eigenvalue weighted by molar-refractivity contribution is -0.140. The lowest BCUT2D eigenvalue weighted by atomic mass is 10.2. The summed E-state index contributed by atoms with van der Waals surface area (Å²) in [5.74, 6) is 0.484. The molecule has 0 fully saturated rings. The molecular formula is C18H18F3N5S2. The van der Waals surface area contributed by atoms with Crippen molar-refractivity contribution < 1.29 is 13.2 Å². The third-order valence-electron chi connectivity index (χ3n) is 3.80. The summed E-state index contributed by atoms with van der Waals surface area (Å²) in [6, 6.07) is 9.93. The fraction of sp³-hybridized carbons (Fsp3) is 0.278. The molecule has 3 rings (SSSR count). The molecule has 3 aromatic rings. The van der Waals surface area contributed by atoms with Crippen molar-refractivity contribution in [3.63, 3.8) is 0 Å². The number of nitrogens with one attached hydrogen (secondary N) is 2. The van der Waals surface area contributed by atoms with Crippen LogP contribution in [0.15, 0.2) is 40.7 Å². The summed E-state index contributed by atoms with van der Waals surface area (Å²) < 4.78 is 37.9. The van der Waals surface area contributed by atoms with Gasteiger partial charge in [-0.2, -0.15) is 13.2 Å². The van der Waals surface area contributed by atoms with Crippen LogP contribution in [0.4, 0.5) is 13.2 Å². The van der Waals surface area contributed by atoms with E-state index >= 15 is 0 Å². The van der Waals surface area contributed by atoms with Gasteiger partial charge in [0.15, 0.2) is 11.7 Å². The van der Waals surface area contributed by atoms with E-state index in [0.717, 1.165) is 37.9 Å². The normalized spacial score (nSPS) is 12.2. The molecular weight excluding hydrogens is 407 g/mol. The van der Waals surface area contributed by atoms with Crippen LogP contribution in [0.5, 0.6) is 0 Å². The van der Waals surface area contributed by atoms with Gasteiger partial charge in [0.25, 0.3) is 0 Å². The topological polar surface area (TPSA) is 62.2 Å². The minimum absolute atomic E-state index is 0.164. The van der Waals surface area contributed by atoms with Crippen LogP contribution >= 0.6 is 22.7 Å². The smallest absolute Gasteiger partial charge is 0.351 e. The lowest BCUT2D eigenvalue weighted by Crippen LogP contribution is -2.36. The van der Waals surface area contributed by atoms with Crippen molar-refractivity contribution >= 4 is 28.6 Å². The first-order valence-electron chi connectivity index (χ1n) is 8.34. The molecule has 2 N–H and O–H groups in total. The fourth-order valence-corrected chi connectivity index (χ4v) is 4.11. The number of rotatable bonds is 5. The third-order valence-corrected chi connectivity index (χ3v) is 5.86. The summed E-state index contributed by atoms with van der Waals surface area (Å²) in [6.07, 6.45) is -4.42. The molecule has 0 saturated carbocycles. The average molecular weight is 426 g/mol. The maximum absolute atomic E-state index is 12.6. The van der Waals surface area contributed by atoms with Crippen molar-refractivity contribution in [3.8, 4) is 10.6 Å². The molecule has 0 spiro atoms. The Kier molecular flexibility index (Phi) is 6.30. The minimum atomic E-state index is -4.42. The predicted octanol–water partition coefficient (Wildman–Crippen LogP) is 4.46. The van der Waals surface area contributed by atoms with E-state index in [2.05, 4.69) is 25.6 Å². The molecule has 148 valence electrons. The second-order valence-electron chi connectivity index (χ2n) is 5.80. The van der Waals surface area contributed by atoms with Gasteiger partial charge in [0.1, 0.15) is 10.0 Å². The molecule has 2 aromatic heterocycles. The zero-order chi connectivity index (χ0) is 20.1. The van der Waals surface area contributed by atoms with E-state index in [0.29, 0.717) is 17.5 Å². The monoisotopic (exact) mass is 425 g/mol. The van der Waals surface area contributed by atoms with E-state index in [9.17, 15) is 13.2 Å². The quantitative estimate of drug-likeness (QED) is 0.468. The number of halogens is 3. The lowest BCUT2D eigenvalue weighted by Gasteiger charge is -2.10. The van der Waals surface area contributed by atoms with Crippen molar-refractivity contribution in [1.82, 2.24) is 20.6 Å². The SMILES string of the molecule is CN=C(NCc1nc(C(F)(F)F)cs1)NCc1sc(-c2ccccc2)nc1C. The zero-order valence-corrected chi connectivity index (χ0v) is 16.8. The van der Waals surface area contributed by atoms with Crippen LogP contribution < -0.4 is 10.6 Å². The minimum Gasteiger partial charge on any atom is -0.351 e. The number of aromatic nitrogens is 2. The fourth-order valence-electron chi connectivity index (χ4n) is 2.36. The highest BCUT2D eigenvalue weighted by atomic mass is 32.1. The van der Waals surface area contributed by atoms with Gasteiger partial charge in [-0.25, -0.2) is 9.97 Å². The van der Waals surface area contributed by atoms with Crippen LogP contribution in [-0.4, -0.2) is 23.0 Å². The molecule has 0 atom stereocenters. The molecule has 0 bridgehead atoms. The Labute approximate surface area is 168 Å². The highest BCUT2D eigenvalue weighted by molar-refractivity contribution is 7.15. The van der Waals surface area contributed by atoms with E-state index in [-0.39, 0.29) is 6.54 Å². The molecule has 10 heteroatoms. The molecule has 0 radical (unpaired) electrons. The maximum Gasteiger partial charge on any atom is 0.434 e. The highest BCUT2D eigenvalue weighted by Crippen LogP contribution is 2.30. The molecule has 2 heterocycles. The number of alkyl halides is 3. The molecule has 0 aliphatic carbocycles. The van der Waals surface area contributed by atoms with Crippen molar-refractivity contribution in [3.05, 3.63) is 57.0 Å². The number of nitrogens with zero attached hydrogens (tertiary/aromatic N) is 3. The summed E-state index contributed by atoms with van der Waals surface area (Å²) >= 11 is 2.56. The largest absolute Gasteiger partial charge is 0.434 e. The van der Waals surface area contributed by atoms with Crippen LogP contribution in [-0.2, 0) is 19.3 Å². The average Bonchev–Trinajstić information content (AvgIpc) is 3.29. The Bertz CT molecular complexity index is 948. The van der Waals surface area contributed by atoms with Crippen LogP contribution in [0.3, 0.4) is 0 Å². The van der Waals surface area contributed by atoms with Gasteiger partial charge in [0.2, 0.25) is 0 Å². The molecule has 0 saturated heterocycles. The first kappa shape index (κ1) is 20.3. The van der Waals surface area contributed by atoms with Crippen molar-refractivity contribution in [2.45, 2.75) is 26.2 Å². The summed E-state index contributed by atoms with van der Waals surface area (Å²) in [4.78, 5) is 13.4. The van der Waals surface area contributed by atoms with Gasteiger partial charge in [0.05, 0.1) is 18.8 Å². The number of benzene rings is 1. The van der Waals surface area contributed by atoms with Crippen LogP contribution in [0.2, 0.25) is 0 Å². The number of hydrogen-bond donors (Lipinski definition) is 2. The van der Waals surface area contributed by atoms with Gasteiger partial charge in [-0.1, -0.05) is 30.3 Å². The molecule has 0 unspecified atom stereocenters. The van der Waals surface area contributed by atoms with Crippen LogP contribution in [0.1, 0.15) is 21.3 Å². The first-order chi connectivity index (χ1) is 13.4. The van der Waals surface area contributed by atoms with E-state index < -0.39 is 11.9 Å².